The molecular formula is C17H18N4OS. The SMILES string of the molecule is C=CCn1c(=NC(=O)c2nccn2C)sc2c(C)cc(C)cc21. The van der Waals surface area contributed by atoms with E-state index in [4.69, 9.17) is 0 Å². The zero-order chi connectivity index (χ0) is 16.6. The van der Waals surface area contributed by atoms with Gasteiger partial charge in [0.25, 0.3) is 0 Å². The molecule has 0 saturated heterocycles. The van der Waals surface area contributed by atoms with Crippen LogP contribution >= 0.6 is 11.3 Å². The van der Waals surface area contributed by atoms with Crippen LogP contribution in [0.15, 0.2) is 42.2 Å². The van der Waals surface area contributed by atoms with Crippen LogP contribution in [-0.4, -0.2) is 20.0 Å². The Morgan fingerprint density at radius 3 is 2.87 bits per heavy atom. The van der Waals surface area contributed by atoms with Gasteiger partial charge in [-0.1, -0.05) is 23.5 Å². The number of benzene rings is 1. The zero-order valence-corrected chi connectivity index (χ0v) is 14.2. The molecule has 0 atom stereocenters. The zero-order valence-electron chi connectivity index (χ0n) is 13.4. The summed E-state index contributed by atoms with van der Waals surface area (Å²) >= 11 is 1.52. The first kappa shape index (κ1) is 15.4. The molecule has 23 heavy (non-hydrogen) atoms. The summed E-state index contributed by atoms with van der Waals surface area (Å²) in [5.41, 5.74) is 3.46. The van der Waals surface area contributed by atoms with E-state index in [9.17, 15) is 4.79 Å². The smallest absolute Gasteiger partial charge is 0.315 e. The van der Waals surface area contributed by atoms with E-state index < -0.39 is 0 Å². The number of rotatable bonds is 3. The molecule has 0 aliphatic rings. The van der Waals surface area contributed by atoms with Gasteiger partial charge >= 0.3 is 5.91 Å². The van der Waals surface area contributed by atoms with Gasteiger partial charge in [-0.3, -0.25) is 4.79 Å². The molecule has 6 heteroatoms. The molecule has 0 spiro atoms. The second-order valence-electron chi connectivity index (χ2n) is 5.49. The summed E-state index contributed by atoms with van der Waals surface area (Å²) in [5.74, 6) is -0.00300. The molecule has 1 amide bonds. The number of thiazole rings is 1. The monoisotopic (exact) mass is 326 g/mol. The third-order valence-electron chi connectivity index (χ3n) is 3.64. The average Bonchev–Trinajstić information content (AvgIpc) is 3.05. The summed E-state index contributed by atoms with van der Waals surface area (Å²) in [4.78, 5) is 21.4. The minimum absolute atomic E-state index is 0.334. The number of amides is 1. The lowest BCUT2D eigenvalue weighted by Gasteiger charge is -2.03. The summed E-state index contributed by atoms with van der Waals surface area (Å²) in [6, 6.07) is 4.26. The molecule has 0 fully saturated rings. The highest BCUT2D eigenvalue weighted by molar-refractivity contribution is 7.16. The van der Waals surface area contributed by atoms with Crippen molar-refractivity contribution in [3.63, 3.8) is 0 Å². The van der Waals surface area contributed by atoms with E-state index in [1.54, 1.807) is 24.0 Å². The van der Waals surface area contributed by atoms with Crippen LogP contribution in [-0.2, 0) is 13.6 Å². The molecule has 1 aromatic carbocycles. The number of hydrogen-bond donors (Lipinski definition) is 0. The van der Waals surface area contributed by atoms with Gasteiger partial charge in [-0.05, 0) is 31.0 Å². The minimum Gasteiger partial charge on any atom is -0.330 e. The van der Waals surface area contributed by atoms with Crippen LogP contribution in [0.5, 0.6) is 0 Å². The molecule has 3 rings (SSSR count). The molecule has 2 aromatic heterocycles. The number of carbonyl (C=O) groups excluding carboxylic acids is 1. The maximum absolute atomic E-state index is 12.4. The van der Waals surface area contributed by atoms with Crippen LogP contribution in [0.25, 0.3) is 10.2 Å². The molecule has 0 saturated carbocycles. The van der Waals surface area contributed by atoms with Gasteiger partial charge in [0.15, 0.2) is 4.80 Å². The Labute approximate surface area is 138 Å². The quantitative estimate of drug-likeness (QED) is 0.695. The fourth-order valence-electron chi connectivity index (χ4n) is 2.61. The van der Waals surface area contributed by atoms with E-state index in [2.05, 4.69) is 42.5 Å². The summed E-state index contributed by atoms with van der Waals surface area (Å²) in [6.07, 6.45) is 5.14. The lowest BCUT2D eigenvalue weighted by atomic mass is 10.1. The number of aryl methyl sites for hydroxylation is 3. The third-order valence-corrected chi connectivity index (χ3v) is 4.87. The van der Waals surface area contributed by atoms with Gasteiger partial charge in [0, 0.05) is 26.0 Å². The van der Waals surface area contributed by atoms with Gasteiger partial charge in [0.1, 0.15) is 0 Å². The first-order chi connectivity index (χ1) is 11.0. The van der Waals surface area contributed by atoms with Crippen molar-refractivity contribution in [2.24, 2.45) is 12.0 Å². The largest absolute Gasteiger partial charge is 0.330 e. The number of fused-ring (bicyclic) bond motifs is 1. The van der Waals surface area contributed by atoms with Crippen molar-refractivity contribution < 1.29 is 4.79 Å². The van der Waals surface area contributed by atoms with Crippen molar-refractivity contribution in [2.75, 3.05) is 0 Å². The number of hydrogen-bond acceptors (Lipinski definition) is 3. The highest BCUT2D eigenvalue weighted by Gasteiger charge is 2.13. The van der Waals surface area contributed by atoms with E-state index in [-0.39, 0.29) is 5.91 Å². The second kappa shape index (κ2) is 5.96. The first-order valence-electron chi connectivity index (χ1n) is 7.29. The predicted octanol–water partition coefficient (Wildman–Crippen LogP) is 2.98. The van der Waals surface area contributed by atoms with Crippen LogP contribution in [0.2, 0.25) is 0 Å². The van der Waals surface area contributed by atoms with Gasteiger partial charge in [0.05, 0.1) is 10.2 Å². The van der Waals surface area contributed by atoms with Crippen molar-refractivity contribution in [3.8, 4) is 0 Å². The van der Waals surface area contributed by atoms with Crippen LogP contribution in [0.4, 0.5) is 0 Å². The first-order valence-corrected chi connectivity index (χ1v) is 8.10. The normalized spacial score (nSPS) is 12.0. The van der Waals surface area contributed by atoms with Crippen molar-refractivity contribution in [3.05, 3.63) is 58.9 Å². The Morgan fingerprint density at radius 2 is 2.22 bits per heavy atom. The standard InChI is InChI=1S/C17H18N4OS/c1-5-7-21-13-10-11(2)9-12(3)14(13)23-17(21)19-16(22)15-18-6-8-20(15)4/h5-6,8-10H,1,7H2,2-4H3. The predicted molar refractivity (Wildman–Crippen MR) is 92.6 cm³/mol. The molecule has 0 aliphatic carbocycles. The third kappa shape index (κ3) is 2.77. The molecule has 0 bridgehead atoms. The second-order valence-corrected chi connectivity index (χ2v) is 6.47. The van der Waals surface area contributed by atoms with E-state index in [1.165, 1.54) is 22.5 Å². The Morgan fingerprint density at radius 1 is 1.43 bits per heavy atom. The van der Waals surface area contributed by atoms with Crippen LogP contribution in [0.3, 0.4) is 0 Å². The summed E-state index contributed by atoms with van der Waals surface area (Å²) in [7, 11) is 1.78. The molecule has 118 valence electrons. The van der Waals surface area contributed by atoms with Gasteiger partial charge in [-0.25, -0.2) is 4.98 Å². The average molecular weight is 326 g/mol. The molecule has 2 heterocycles. The van der Waals surface area contributed by atoms with Crippen molar-refractivity contribution in [1.29, 1.82) is 0 Å². The molecule has 0 N–H and O–H groups in total. The highest BCUT2D eigenvalue weighted by Crippen LogP contribution is 2.23. The van der Waals surface area contributed by atoms with Crippen molar-refractivity contribution >= 4 is 27.5 Å². The van der Waals surface area contributed by atoms with Crippen LogP contribution in [0.1, 0.15) is 21.7 Å². The van der Waals surface area contributed by atoms with Crippen LogP contribution in [0, 0.1) is 13.8 Å². The summed E-state index contributed by atoms with van der Waals surface area (Å²) in [5, 5.41) is 0. The Balaban J connectivity index is 2.24. The molecule has 5 nitrogen and oxygen atoms in total. The number of imidazole rings is 1. The van der Waals surface area contributed by atoms with E-state index >= 15 is 0 Å². The number of allylic oxidation sites excluding steroid dienone is 1. The molecular weight excluding hydrogens is 308 g/mol. The maximum Gasteiger partial charge on any atom is 0.315 e. The van der Waals surface area contributed by atoms with E-state index in [0.717, 1.165) is 10.2 Å². The Bertz CT molecular complexity index is 974. The van der Waals surface area contributed by atoms with Crippen LogP contribution < -0.4 is 4.80 Å². The van der Waals surface area contributed by atoms with E-state index in [1.807, 2.05) is 10.6 Å². The lowest BCUT2D eigenvalue weighted by molar-refractivity contribution is 0.0985. The Kier molecular flexibility index (Phi) is 4.00. The van der Waals surface area contributed by atoms with Gasteiger partial charge in [0.2, 0.25) is 5.82 Å². The van der Waals surface area contributed by atoms with Gasteiger partial charge < -0.3 is 9.13 Å². The van der Waals surface area contributed by atoms with Crippen molar-refractivity contribution in [2.45, 2.75) is 20.4 Å². The molecule has 0 aliphatic heterocycles. The minimum atomic E-state index is -0.337. The fourth-order valence-corrected chi connectivity index (χ4v) is 3.70. The maximum atomic E-state index is 12.4. The number of nitrogens with zero attached hydrogens (tertiary/aromatic N) is 4. The molecule has 0 radical (unpaired) electrons. The Hall–Kier alpha value is -2.47. The van der Waals surface area contributed by atoms with Gasteiger partial charge in [-0.2, -0.15) is 4.99 Å². The molecule has 3 aromatic rings. The summed E-state index contributed by atoms with van der Waals surface area (Å²) in [6.45, 7) is 8.56. The number of aromatic nitrogens is 3. The topological polar surface area (TPSA) is 52.2 Å². The molecule has 0 unspecified atom stereocenters. The highest BCUT2D eigenvalue weighted by atomic mass is 32.1. The van der Waals surface area contributed by atoms with E-state index in [0.29, 0.717) is 17.2 Å². The lowest BCUT2D eigenvalue weighted by Crippen LogP contribution is -2.17. The fraction of sp³-hybridized carbons (Fsp3) is 0.235. The number of carbonyl (C=O) groups is 1. The summed E-state index contributed by atoms with van der Waals surface area (Å²) < 4.78 is 4.84. The van der Waals surface area contributed by atoms with Gasteiger partial charge in [-0.15, -0.1) is 6.58 Å². The van der Waals surface area contributed by atoms with Crippen molar-refractivity contribution in [1.82, 2.24) is 14.1 Å².